The minimum Gasteiger partial charge on any atom is -0.493 e. The predicted molar refractivity (Wildman–Crippen MR) is 67.7 cm³/mol. The van der Waals surface area contributed by atoms with Crippen molar-refractivity contribution in [1.82, 2.24) is 0 Å². The molecular weight excluding hydrogens is 215 g/mol. The molecule has 2 aromatic carbocycles. The molecule has 0 saturated carbocycles. The van der Waals surface area contributed by atoms with E-state index in [9.17, 15) is 4.39 Å². The van der Waals surface area contributed by atoms with Crippen molar-refractivity contribution in [2.45, 2.75) is 13.8 Å². The Bertz CT molecular complexity index is 520. The maximum atomic E-state index is 13.2. The second kappa shape index (κ2) is 5.00. The zero-order valence-electron chi connectivity index (χ0n) is 10.0. The number of benzene rings is 2. The van der Waals surface area contributed by atoms with Gasteiger partial charge < -0.3 is 4.74 Å². The van der Waals surface area contributed by atoms with E-state index in [-0.39, 0.29) is 5.82 Å². The van der Waals surface area contributed by atoms with Crippen LogP contribution < -0.4 is 4.74 Å². The molecule has 17 heavy (non-hydrogen) atoms. The van der Waals surface area contributed by atoms with Gasteiger partial charge in [-0.1, -0.05) is 29.8 Å². The van der Waals surface area contributed by atoms with E-state index in [0.717, 1.165) is 11.1 Å². The van der Waals surface area contributed by atoms with Crippen LogP contribution in [0, 0.1) is 12.7 Å². The molecule has 0 amide bonds. The van der Waals surface area contributed by atoms with E-state index >= 15 is 0 Å². The van der Waals surface area contributed by atoms with Crippen molar-refractivity contribution in [2.24, 2.45) is 0 Å². The lowest BCUT2D eigenvalue weighted by molar-refractivity contribution is 0.339. The Labute approximate surface area is 101 Å². The topological polar surface area (TPSA) is 9.23 Å². The van der Waals surface area contributed by atoms with Crippen LogP contribution in [0.2, 0.25) is 0 Å². The summed E-state index contributed by atoms with van der Waals surface area (Å²) in [6, 6.07) is 12.7. The molecule has 0 aromatic heterocycles. The molecule has 0 aliphatic rings. The summed E-state index contributed by atoms with van der Waals surface area (Å²) < 4.78 is 18.7. The van der Waals surface area contributed by atoms with Crippen LogP contribution in [0.25, 0.3) is 11.1 Å². The Morgan fingerprint density at radius 3 is 2.65 bits per heavy atom. The van der Waals surface area contributed by atoms with Gasteiger partial charge >= 0.3 is 0 Å². The van der Waals surface area contributed by atoms with Crippen LogP contribution in [0.3, 0.4) is 0 Å². The number of hydrogen-bond donors (Lipinski definition) is 0. The van der Waals surface area contributed by atoms with Crippen LogP contribution in [0.4, 0.5) is 4.39 Å². The largest absolute Gasteiger partial charge is 0.493 e. The molecule has 0 saturated heterocycles. The van der Waals surface area contributed by atoms with E-state index in [1.54, 1.807) is 6.07 Å². The van der Waals surface area contributed by atoms with E-state index in [1.165, 1.54) is 17.7 Å². The fourth-order valence-electron chi connectivity index (χ4n) is 1.82. The molecule has 0 unspecified atom stereocenters. The van der Waals surface area contributed by atoms with E-state index in [0.29, 0.717) is 12.4 Å². The summed E-state index contributed by atoms with van der Waals surface area (Å²) in [6.07, 6.45) is 0. The number of halogens is 1. The number of ether oxygens (including phenoxy) is 1. The molecule has 0 N–H and O–H groups in total. The molecular formula is C15H15FO. The lowest BCUT2D eigenvalue weighted by atomic mass is 10.0. The molecule has 0 spiro atoms. The van der Waals surface area contributed by atoms with Crippen molar-refractivity contribution >= 4 is 0 Å². The SMILES string of the molecule is CCOc1cc(F)ccc1-c1cccc(C)c1. The normalized spacial score (nSPS) is 10.3. The second-order valence-electron chi connectivity index (χ2n) is 3.94. The summed E-state index contributed by atoms with van der Waals surface area (Å²) in [4.78, 5) is 0. The van der Waals surface area contributed by atoms with Crippen molar-refractivity contribution in [1.29, 1.82) is 0 Å². The van der Waals surface area contributed by atoms with Crippen LogP contribution in [-0.2, 0) is 0 Å². The van der Waals surface area contributed by atoms with Gasteiger partial charge in [-0.3, -0.25) is 0 Å². The fourth-order valence-corrected chi connectivity index (χ4v) is 1.82. The van der Waals surface area contributed by atoms with E-state index in [1.807, 2.05) is 32.0 Å². The smallest absolute Gasteiger partial charge is 0.130 e. The molecule has 2 aromatic rings. The van der Waals surface area contributed by atoms with Gasteiger partial charge in [0.25, 0.3) is 0 Å². The first-order valence-electron chi connectivity index (χ1n) is 5.70. The van der Waals surface area contributed by atoms with Crippen LogP contribution >= 0.6 is 0 Å². The van der Waals surface area contributed by atoms with Crippen molar-refractivity contribution in [3.63, 3.8) is 0 Å². The Morgan fingerprint density at radius 1 is 1.12 bits per heavy atom. The first-order valence-corrected chi connectivity index (χ1v) is 5.70. The molecule has 0 aliphatic heterocycles. The van der Waals surface area contributed by atoms with Crippen molar-refractivity contribution in [2.75, 3.05) is 6.61 Å². The van der Waals surface area contributed by atoms with Crippen molar-refractivity contribution < 1.29 is 9.13 Å². The summed E-state index contributed by atoms with van der Waals surface area (Å²) in [5.41, 5.74) is 3.15. The minimum atomic E-state index is -0.273. The van der Waals surface area contributed by atoms with Gasteiger partial charge in [0.1, 0.15) is 11.6 Å². The quantitative estimate of drug-likeness (QED) is 0.767. The van der Waals surface area contributed by atoms with Crippen LogP contribution in [0.1, 0.15) is 12.5 Å². The number of aryl methyl sites for hydroxylation is 1. The summed E-state index contributed by atoms with van der Waals surface area (Å²) in [5.74, 6) is 0.322. The van der Waals surface area contributed by atoms with Gasteiger partial charge in [0, 0.05) is 11.6 Å². The Hall–Kier alpha value is -1.83. The third-order valence-corrected chi connectivity index (χ3v) is 2.57. The Morgan fingerprint density at radius 2 is 1.94 bits per heavy atom. The Kier molecular flexibility index (Phi) is 3.43. The van der Waals surface area contributed by atoms with Crippen molar-refractivity contribution in [3.05, 3.63) is 53.8 Å². The molecule has 0 aliphatic carbocycles. The molecule has 2 rings (SSSR count). The average molecular weight is 230 g/mol. The van der Waals surface area contributed by atoms with Gasteiger partial charge in [0.05, 0.1) is 6.61 Å². The monoisotopic (exact) mass is 230 g/mol. The highest BCUT2D eigenvalue weighted by atomic mass is 19.1. The standard InChI is InChI=1S/C15H15FO/c1-3-17-15-10-13(16)7-8-14(15)12-6-4-5-11(2)9-12/h4-10H,3H2,1-2H3. The first kappa shape index (κ1) is 11.6. The van der Waals surface area contributed by atoms with E-state index in [4.69, 9.17) is 4.74 Å². The van der Waals surface area contributed by atoms with Gasteiger partial charge in [-0.25, -0.2) is 4.39 Å². The summed E-state index contributed by atoms with van der Waals surface area (Å²) in [6.45, 7) is 4.46. The molecule has 88 valence electrons. The van der Waals surface area contributed by atoms with Gasteiger partial charge in [0.2, 0.25) is 0 Å². The van der Waals surface area contributed by atoms with E-state index in [2.05, 4.69) is 6.07 Å². The molecule has 1 nitrogen and oxygen atoms in total. The number of rotatable bonds is 3. The maximum absolute atomic E-state index is 13.2. The molecule has 0 bridgehead atoms. The zero-order valence-corrected chi connectivity index (χ0v) is 10.0. The summed E-state index contributed by atoms with van der Waals surface area (Å²) in [5, 5.41) is 0. The molecule has 2 heteroatoms. The first-order chi connectivity index (χ1) is 8.20. The Balaban J connectivity index is 2.50. The maximum Gasteiger partial charge on any atom is 0.130 e. The zero-order chi connectivity index (χ0) is 12.3. The van der Waals surface area contributed by atoms with Crippen LogP contribution in [0.5, 0.6) is 5.75 Å². The summed E-state index contributed by atoms with van der Waals surface area (Å²) in [7, 11) is 0. The molecule has 0 fully saturated rings. The van der Waals surface area contributed by atoms with Gasteiger partial charge in [-0.2, -0.15) is 0 Å². The summed E-state index contributed by atoms with van der Waals surface area (Å²) >= 11 is 0. The highest BCUT2D eigenvalue weighted by Gasteiger charge is 2.07. The van der Waals surface area contributed by atoms with Crippen LogP contribution in [0.15, 0.2) is 42.5 Å². The lowest BCUT2D eigenvalue weighted by Gasteiger charge is -2.10. The highest BCUT2D eigenvalue weighted by molar-refractivity contribution is 5.70. The molecule has 0 radical (unpaired) electrons. The highest BCUT2D eigenvalue weighted by Crippen LogP contribution is 2.31. The van der Waals surface area contributed by atoms with Crippen molar-refractivity contribution in [3.8, 4) is 16.9 Å². The lowest BCUT2D eigenvalue weighted by Crippen LogP contribution is -1.95. The number of hydrogen-bond acceptors (Lipinski definition) is 1. The minimum absolute atomic E-state index is 0.273. The van der Waals surface area contributed by atoms with Crippen LogP contribution in [-0.4, -0.2) is 6.61 Å². The van der Waals surface area contributed by atoms with Gasteiger partial charge in [0.15, 0.2) is 0 Å². The predicted octanol–water partition coefficient (Wildman–Crippen LogP) is 4.20. The fraction of sp³-hybridized carbons (Fsp3) is 0.200. The second-order valence-corrected chi connectivity index (χ2v) is 3.94. The van der Waals surface area contributed by atoms with Gasteiger partial charge in [-0.05, 0) is 31.5 Å². The molecule has 0 heterocycles. The third kappa shape index (κ3) is 2.64. The average Bonchev–Trinajstić information content (AvgIpc) is 2.29. The third-order valence-electron chi connectivity index (χ3n) is 2.57. The van der Waals surface area contributed by atoms with Gasteiger partial charge in [-0.15, -0.1) is 0 Å². The van der Waals surface area contributed by atoms with E-state index < -0.39 is 0 Å². The molecule has 0 atom stereocenters.